The van der Waals surface area contributed by atoms with Gasteiger partial charge >= 0.3 is 5.97 Å². The van der Waals surface area contributed by atoms with Crippen LogP contribution in [0.15, 0.2) is 0 Å². The van der Waals surface area contributed by atoms with Crippen LogP contribution in [0.5, 0.6) is 0 Å². The van der Waals surface area contributed by atoms with Crippen molar-refractivity contribution in [1.29, 1.82) is 0 Å². The van der Waals surface area contributed by atoms with Crippen LogP contribution in [0.3, 0.4) is 0 Å². The number of carboxylic acid groups (broad SMARTS) is 1. The largest absolute Gasteiger partial charge is 0.477 e. The number of aliphatic carboxylic acids is 1. The minimum atomic E-state index is -0.856. The van der Waals surface area contributed by atoms with Crippen LogP contribution in [0.4, 0.5) is 0 Å². The normalized spacial score (nSPS) is 13.8. The quantitative estimate of drug-likeness (QED) is 0.216. The zero-order chi connectivity index (χ0) is 22.1. The fourth-order valence-corrected chi connectivity index (χ4v) is 4.03. The summed E-state index contributed by atoms with van der Waals surface area (Å²) in [5.74, 6) is -0.870. The predicted molar refractivity (Wildman–Crippen MR) is 122 cm³/mol. The fraction of sp³-hybridized carbons (Fsp3) is 0.917. The van der Waals surface area contributed by atoms with Crippen LogP contribution in [-0.4, -0.2) is 54.7 Å². The number of hydrogen-bond donors (Lipinski definition) is 2. The molecular formula is C24H49N2O3+. The lowest BCUT2D eigenvalue weighted by Gasteiger charge is -2.36. The van der Waals surface area contributed by atoms with E-state index >= 15 is 0 Å². The summed E-state index contributed by atoms with van der Waals surface area (Å²) in [5.41, 5.74) is 0. The Balaban J connectivity index is 3.79. The van der Waals surface area contributed by atoms with Crippen molar-refractivity contribution in [1.82, 2.24) is 5.32 Å². The Kier molecular flexibility index (Phi) is 16.0. The lowest BCUT2D eigenvalue weighted by Crippen LogP contribution is -2.60. The molecule has 2 unspecified atom stereocenters. The summed E-state index contributed by atoms with van der Waals surface area (Å²) in [7, 11) is 5.58. The lowest BCUT2D eigenvalue weighted by molar-refractivity contribution is -0.888. The number of amides is 1. The molecule has 5 nitrogen and oxygen atoms in total. The van der Waals surface area contributed by atoms with E-state index in [1.54, 1.807) is 0 Å². The molecule has 0 aromatic carbocycles. The molecule has 2 atom stereocenters. The first-order valence-electron chi connectivity index (χ1n) is 12.1. The number of rotatable bonds is 19. The van der Waals surface area contributed by atoms with Gasteiger partial charge in [-0.05, 0) is 12.8 Å². The van der Waals surface area contributed by atoms with Gasteiger partial charge in [0.25, 0.3) is 0 Å². The van der Waals surface area contributed by atoms with Crippen molar-refractivity contribution >= 4 is 11.9 Å². The number of quaternary nitrogens is 1. The minimum Gasteiger partial charge on any atom is -0.477 e. The van der Waals surface area contributed by atoms with Crippen molar-refractivity contribution in [3.63, 3.8) is 0 Å². The highest BCUT2D eigenvalue weighted by molar-refractivity contribution is 5.78. The molecule has 172 valence electrons. The third kappa shape index (κ3) is 14.5. The smallest absolute Gasteiger partial charge is 0.364 e. The average molecular weight is 414 g/mol. The molecule has 5 heteroatoms. The third-order valence-corrected chi connectivity index (χ3v) is 5.76. The third-order valence-electron chi connectivity index (χ3n) is 5.76. The second-order valence-corrected chi connectivity index (χ2v) is 9.47. The van der Waals surface area contributed by atoms with Gasteiger partial charge in [-0.15, -0.1) is 0 Å². The average Bonchev–Trinajstić information content (AvgIpc) is 2.63. The van der Waals surface area contributed by atoms with Crippen LogP contribution in [0.25, 0.3) is 0 Å². The van der Waals surface area contributed by atoms with E-state index in [1.165, 1.54) is 70.6 Å². The maximum Gasteiger partial charge on any atom is 0.364 e. The number of unbranched alkanes of at least 4 members (excludes halogenated alkanes) is 12. The molecule has 0 aliphatic rings. The van der Waals surface area contributed by atoms with Crippen molar-refractivity contribution in [2.24, 2.45) is 0 Å². The molecule has 0 fully saturated rings. The van der Waals surface area contributed by atoms with Gasteiger partial charge in [-0.25, -0.2) is 4.79 Å². The van der Waals surface area contributed by atoms with Crippen LogP contribution in [-0.2, 0) is 9.59 Å². The Labute approximate surface area is 180 Å². The maximum absolute atomic E-state index is 12.3. The molecule has 0 saturated carbocycles. The molecule has 0 bridgehead atoms. The standard InChI is InChI=1S/C24H48N2O3/c1-6-8-9-10-11-12-13-14-15-16-17-18-19-20-22(27)25-21(7-2)23(24(28)29)26(3,4)5/h21,23H,6-20H2,1-5H3,(H-,25,27,28,29)/p+1. The van der Waals surface area contributed by atoms with Crippen LogP contribution in [0.2, 0.25) is 0 Å². The Morgan fingerprint density at radius 2 is 1.17 bits per heavy atom. The summed E-state index contributed by atoms with van der Waals surface area (Å²) < 4.78 is 0.298. The molecule has 0 aliphatic carbocycles. The van der Waals surface area contributed by atoms with Gasteiger partial charge in [-0.3, -0.25) is 4.79 Å². The number of likely N-dealkylation sites (N-methyl/N-ethyl adjacent to an activating group) is 1. The van der Waals surface area contributed by atoms with Crippen molar-refractivity contribution in [2.45, 2.75) is 122 Å². The first kappa shape index (κ1) is 27.9. The van der Waals surface area contributed by atoms with E-state index in [1.807, 2.05) is 28.1 Å². The van der Waals surface area contributed by atoms with Gasteiger partial charge in [0.05, 0.1) is 27.2 Å². The second-order valence-electron chi connectivity index (χ2n) is 9.47. The lowest BCUT2D eigenvalue weighted by atomic mass is 10.0. The number of hydrogen-bond acceptors (Lipinski definition) is 2. The highest BCUT2D eigenvalue weighted by Crippen LogP contribution is 2.14. The van der Waals surface area contributed by atoms with Crippen molar-refractivity contribution < 1.29 is 19.2 Å². The fourth-order valence-electron chi connectivity index (χ4n) is 4.03. The van der Waals surface area contributed by atoms with Gasteiger partial charge in [-0.2, -0.15) is 0 Å². The van der Waals surface area contributed by atoms with Gasteiger partial charge in [0, 0.05) is 6.42 Å². The summed E-state index contributed by atoms with van der Waals surface area (Å²) in [4.78, 5) is 23.9. The number of carbonyl (C=O) groups excluding carboxylic acids is 1. The molecule has 0 rings (SSSR count). The molecule has 0 heterocycles. The van der Waals surface area contributed by atoms with Gasteiger partial charge in [0.15, 0.2) is 0 Å². The van der Waals surface area contributed by atoms with Crippen molar-refractivity contribution in [3.05, 3.63) is 0 Å². The Bertz CT molecular complexity index is 432. The molecule has 0 aromatic heterocycles. The topological polar surface area (TPSA) is 66.4 Å². The molecule has 0 saturated heterocycles. The SMILES string of the molecule is CCCCCCCCCCCCCCCC(=O)NC(CC)C(C(=O)O)[N+](C)(C)C. The summed E-state index contributed by atoms with van der Waals surface area (Å²) in [6.07, 6.45) is 17.8. The van der Waals surface area contributed by atoms with Crippen LogP contribution in [0, 0.1) is 0 Å². The number of carbonyl (C=O) groups is 2. The molecule has 29 heavy (non-hydrogen) atoms. The maximum atomic E-state index is 12.3. The number of nitrogens with zero attached hydrogens (tertiary/aromatic N) is 1. The van der Waals surface area contributed by atoms with E-state index in [0.717, 1.165) is 12.8 Å². The number of nitrogens with one attached hydrogen (secondary N) is 1. The molecule has 0 aliphatic heterocycles. The Morgan fingerprint density at radius 1 is 0.759 bits per heavy atom. The molecule has 0 aromatic rings. The monoisotopic (exact) mass is 413 g/mol. The molecule has 0 spiro atoms. The van der Waals surface area contributed by atoms with E-state index in [0.29, 0.717) is 17.3 Å². The summed E-state index contributed by atoms with van der Waals surface area (Å²) in [6, 6.07) is -0.961. The first-order valence-corrected chi connectivity index (χ1v) is 12.1. The summed E-state index contributed by atoms with van der Waals surface area (Å²) in [5, 5.41) is 12.5. The molecule has 0 radical (unpaired) electrons. The summed E-state index contributed by atoms with van der Waals surface area (Å²) in [6.45, 7) is 4.19. The zero-order valence-electron chi connectivity index (χ0n) is 20.0. The van der Waals surface area contributed by atoms with E-state index in [4.69, 9.17) is 0 Å². The van der Waals surface area contributed by atoms with Gasteiger partial charge in [-0.1, -0.05) is 90.9 Å². The zero-order valence-corrected chi connectivity index (χ0v) is 20.0. The molecule has 2 N–H and O–H groups in total. The predicted octanol–water partition coefficient (Wildman–Crippen LogP) is 5.52. The highest BCUT2D eigenvalue weighted by Gasteiger charge is 2.39. The van der Waals surface area contributed by atoms with Crippen LogP contribution >= 0.6 is 0 Å². The van der Waals surface area contributed by atoms with Crippen molar-refractivity contribution in [3.8, 4) is 0 Å². The second kappa shape index (κ2) is 16.7. The van der Waals surface area contributed by atoms with Gasteiger partial charge in [0.2, 0.25) is 11.9 Å². The number of carboxylic acids is 1. The van der Waals surface area contributed by atoms with E-state index in [9.17, 15) is 14.7 Å². The van der Waals surface area contributed by atoms with Gasteiger partial charge in [0.1, 0.15) is 0 Å². The Morgan fingerprint density at radius 3 is 1.52 bits per heavy atom. The molecular weight excluding hydrogens is 364 g/mol. The van der Waals surface area contributed by atoms with Crippen LogP contribution in [0.1, 0.15) is 110 Å². The van der Waals surface area contributed by atoms with E-state index in [-0.39, 0.29) is 11.9 Å². The first-order chi connectivity index (χ1) is 13.7. The Hall–Kier alpha value is -1.10. The van der Waals surface area contributed by atoms with Gasteiger partial charge < -0.3 is 14.9 Å². The highest BCUT2D eigenvalue weighted by atomic mass is 16.4. The van der Waals surface area contributed by atoms with E-state index < -0.39 is 12.0 Å². The minimum absolute atomic E-state index is 0.0142. The van der Waals surface area contributed by atoms with Crippen molar-refractivity contribution in [2.75, 3.05) is 21.1 Å². The van der Waals surface area contributed by atoms with Crippen LogP contribution < -0.4 is 5.32 Å². The summed E-state index contributed by atoms with van der Waals surface area (Å²) >= 11 is 0. The van der Waals surface area contributed by atoms with E-state index in [2.05, 4.69) is 12.2 Å². The molecule has 1 amide bonds.